The molecule has 6 nitrogen and oxygen atoms in total. The van der Waals surface area contributed by atoms with Crippen LogP contribution in [0.4, 0.5) is 5.69 Å². The van der Waals surface area contributed by atoms with E-state index in [0.717, 1.165) is 5.52 Å². The van der Waals surface area contributed by atoms with Crippen LogP contribution in [0.2, 0.25) is 0 Å². The molecule has 0 aliphatic heterocycles. The summed E-state index contributed by atoms with van der Waals surface area (Å²) in [7, 11) is 0. The van der Waals surface area contributed by atoms with Gasteiger partial charge >= 0.3 is 0 Å². The molecule has 0 saturated heterocycles. The van der Waals surface area contributed by atoms with Gasteiger partial charge in [-0.2, -0.15) is 0 Å². The number of hydrogen-bond donors (Lipinski definition) is 1. The largest absolute Gasteiger partial charge is 0.489 e. The van der Waals surface area contributed by atoms with E-state index in [1.807, 2.05) is 6.07 Å². The number of aromatic nitrogens is 2. The molecule has 0 unspecified atom stereocenters. The Morgan fingerprint density at radius 2 is 1.80 bits per heavy atom. The standard InChI is InChI=1S/C19H17N3O3/c1-2-10-24-15-4-3-5-16(12-15)25-13-19(23)22-14-6-7-17-18(11-14)21-9-8-20-17/h2-9,11-12H,1,10,13H2,(H,22,23). The molecule has 0 aliphatic rings. The fourth-order valence-corrected chi connectivity index (χ4v) is 2.20. The molecule has 0 radical (unpaired) electrons. The maximum Gasteiger partial charge on any atom is 0.262 e. The van der Waals surface area contributed by atoms with E-state index >= 15 is 0 Å². The molecule has 1 N–H and O–H groups in total. The number of carbonyl (C=O) groups is 1. The first kappa shape index (κ1) is 16.4. The molecule has 0 saturated carbocycles. The van der Waals surface area contributed by atoms with Crippen LogP contribution in [0.3, 0.4) is 0 Å². The highest BCUT2D eigenvalue weighted by Gasteiger charge is 2.06. The van der Waals surface area contributed by atoms with Crippen molar-refractivity contribution >= 4 is 22.6 Å². The zero-order valence-corrected chi connectivity index (χ0v) is 13.5. The Labute approximate surface area is 145 Å². The third-order valence-electron chi connectivity index (χ3n) is 3.30. The van der Waals surface area contributed by atoms with Crippen molar-refractivity contribution in [3.8, 4) is 11.5 Å². The summed E-state index contributed by atoms with van der Waals surface area (Å²) in [6.07, 6.45) is 4.90. The Balaban J connectivity index is 1.57. The third kappa shape index (κ3) is 4.54. The number of nitrogens with zero attached hydrogens (tertiary/aromatic N) is 2. The second-order valence-corrected chi connectivity index (χ2v) is 5.17. The molecule has 6 heteroatoms. The lowest BCUT2D eigenvalue weighted by Crippen LogP contribution is -2.20. The van der Waals surface area contributed by atoms with E-state index in [0.29, 0.717) is 29.3 Å². The van der Waals surface area contributed by atoms with Crippen molar-refractivity contribution in [3.63, 3.8) is 0 Å². The lowest BCUT2D eigenvalue weighted by Gasteiger charge is -2.09. The van der Waals surface area contributed by atoms with Crippen LogP contribution in [0.15, 0.2) is 67.5 Å². The van der Waals surface area contributed by atoms with Crippen LogP contribution in [-0.4, -0.2) is 29.1 Å². The summed E-state index contributed by atoms with van der Waals surface area (Å²) in [4.78, 5) is 20.5. The van der Waals surface area contributed by atoms with Crippen molar-refractivity contribution in [1.82, 2.24) is 9.97 Å². The van der Waals surface area contributed by atoms with Crippen LogP contribution in [0, 0.1) is 0 Å². The first-order chi connectivity index (χ1) is 12.2. The van der Waals surface area contributed by atoms with Crippen LogP contribution >= 0.6 is 0 Å². The van der Waals surface area contributed by atoms with Gasteiger partial charge in [-0.15, -0.1) is 0 Å². The van der Waals surface area contributed by atoms with Gasteiger partial charge in [0, 0.05) is 24.1 Å². The van der Waals surface area contributed by atoms with Crippen molar-refractivity contribution < 1.29 is 14.3 Å². The van der Waals surface area contributed by atoms with E-state index in [-0.39, 0.29) is 12.5 Å². The molecule has 1 aromatic heterocycles. The average molecular weight is 335 g/mol. The average Bonchev–Trinajstić information content (AvgIpc) is 2.65. The summed E-state index contributed by atoms with van der Waals surface area (Å²) in [5, 5.41) is 2.78. The minimum atomic E-state index is -0.263. The molecule has 0 bridgehead atoms. The normalized spacial score (nSPS) is 10.2. The Morgan fingerprint density at radius 3 is 2.60 bits per heavy atom. The van der Waals surface area contributed by atoms with Gasteiger partial charge in [0.15, 0.2) is 6.61 Å². The minimum Gasteiger partial charge on any atom is -0.489 e. The topological polar surface area (TPSA) is 73.3 Å². The number of hydrogen-bond acceptors (Lipinski definition) is 5. The van der Waals surface area contributed by atoms with Crippen molar-refractivity contribution in [2.75, 3.05) is 18.5 Å². The summed E-state index contributed by atoms with van der Waals surface area (Å²) in [6.45, 7) is 3.90. The lowest BCUT2D eigenvalue weighted by atomic mass is 10.2. The Morgan fingerprint density at radius 1 is 1.04 bits per heavy atom. The van der Waals surface area contributed by atoms with E-state index in [1.54, 1.807) is 54.9 Å². The second kappa shape index (κ2) is 7.92. The Kier molecular flexibility index (Phi) is 5.21. The maximum absolute atomic E-state index is 12.1. The summed E-state index contributed by atoms with van der Waals surface area (Å²) < 4.78 is 10.9. The van der Waals surface area contributed by atoms with Crippen molar-refractivity contribution in [3.05, 3.63) is 67.5 Å². The summed E-state index contributed by atoms with van der Waals surface area (Å²) >= 11 is 0. The van der Waals surface area contributed by atoms with E-state index in [9.17, 15) is 4.79 Å². The Bertz CT molecular complexity index is 896. The predicted octanol–water partition coefficient (Wildman–Crippen LogP) is 3.21. The van der Waals surface area contributed by atoms with E-state index < -0.39 is 0 Å². The lowest BCUT2D eigenvalue weighted by molar-refractivity contribution is -0.118. The van der Waals surface area contributed by atoms with Gasteiger partial charge < -0.3 is 14.8 Å². The predicted molar refractivity (Wildman–Crippen MR) is 95.8 cm³/mol. The molecule has 0 aliphatic carbocycles. The first-order valence-electron chi connectivity index (χ1n) is 7.72. The van der Waals surface area contributed by atoms with E-state index in [1.165, 1.54) is 0 Å². The van der Waals surface area contributed by atoms with Crippen molar-refractivity contribution in [1.29, 1.82) is 0 Å². The molecule has 1 heterocycles. The highest BCUT2D eigenvalue weighted by atomic mass is 16.5. The fraction of sp³-hybridized carbons (Fsp3) is 0.105. The number of nitrogens with one attached hydrogen (secondary N) is 1. The van der Waals surface area contributed by atoms with Crippen molar-refractivity contribution in [2.24, 2.45) is 0 Å². The number of anilines is 1. The number of benzene rings is 2. The van der Waals surface area contributed by atoms with Gasteiger partial charge in [-0.25, -0.2) is 0 Å². The number of rotatable bonds is 7. The Hall–Kier alpha value is -3.41. The van der Waals surface area contributed by atoms with Gasteiger partial charge in [-0.3, -0.25) is 14.8 Å². The van der Waals surface area contributed by atoms with Crippen LogP contribution in [0.5, 0.6) is 11.5 Å². The molecule has 1 amide bonds. The molecule has 0 atom stereocenters. The van der Waals surface area contributed by atoms with Crippen molar-refractivity contribution in [2.45, 2.75) is 0 Å². The van der Waals surface area contributed by atoms with E-state index in [4.69, 9.17) is 9.47 Å². The zero-order chi connectivity index (χ0) is 17.5. The minimum absolute atomic E-state index is 0.108. The van der Waals surface area contributed by atoms with Crippen LogP contribution in [-0.2, 0) is 4.79 Å². The number of fused-ring (bicyclic) bond motifs is 1. The molecule has 126 valence electrons. The summed E-state index contributed by atoms with van der Waals surface area (Å²) in [6, 6.07) is 12.4. The number of ether oxygens (including phenoxy) is 2. The monoisotopic (exact) mass is 335 g/mol. The molecule has 3 aromatic rings. The zero-order valence-electron chi connectivity index (χ0n) is 13.5. The summed E-state index contributed by atoms with van der Waals surface area (Å²) in [5.41, 5.74) is 2.13. The first-order valence-corrected chi connectivity index (χ1v) is 7.72. The molecule has 0 spiro atoms. The molecule has 2 aromatic carbocycles. The van der Waals surface area contributed by atoms with Gasteiger partial charge in [-0.1, -0.05) is 18.7 Å². The highest BCUT2D eigenvalue weighted by molar-refractivity contribution is 5.93. The van der Waals surface area contributed by atoms with E-state index in [2.05, 4.69) is 21.9 Å². The van der Waals surface area contributed by atoms with Gasteiger partial charge in [-0.05, 0) is 30.3 Å². The van der Waals surface area contributed by atoms with Gasteiger partial charge in [0.05, 0.1) is 11.0 Å². The summed E-state index contributed by atoms with van der Waals surface area (Å²) in [5.74, 6) is 0.952. The van der Waals surface area contributed by atoms with Crippen LogP contribution in [0.25, 0.3) is 11.0 Å². The molecule has 25 heavy (non-hydrogen) atoms. The molecule has 3 rings (SSSR count). The quantitative estimate of drug-likeness (QED) is 0.671. The third-order valence-corrected chi connectivity index (χ3v) is 3.30. The smallest absolute Gasteiger partial charge is 0.262 e. The molecular weight excluding hydrogens is 318 g/mol. The molecule has 0 fully saturated rings. The fourth-order valence-electron chi connectivity index (χ4n) is 2.20. The second-order valence-electron chi connectivity index (χ2n) is 5.17. The van der Waals surface area contributed by atoms with Gasteiger partial charge in [0.1, 0.15) is 18.1 Å². The van der Waals surface area contributed by atoms with Crippen LogP contribution in [0.1, 0.15) is 0 Å². The highest BCUT2D eigenvalue weighted by Crippen LogP contribution is 2.19. The number of carbonyl (C=O) groups excluding carboxylic acids is 1. The number of amides is 1. The molecular formula is C19H17N3O3. The maximum atomic E-state index is 12.1. The van der Waals surface area contributed by atoms with Crippen LogP contribution < -0.4 is 14.8 Å². The van der Waals surface area contributed by atoms with Gasteiger partial charge in [0.25, 0.3) is 5.91 Å². The van der Waals surface area contributed by atoms with Gasteiger partial charge in [0.2, 0.25) is 0 Å². The SMILES string of the molecule is C=CCOc1cccc(OCC(=O)Nc2ccc3nccnc3c2)c1.